The third kappa shape index (κ3) is 12.0. The van der Waals surface area contributed by atoms with Gasteiger partial charge in [-0.05, 0) is 37.1 Å². The molecule has 0 aliphatic carbocycles. The van der Waals surface area contributed by atoms with Crippen LogP contribution in [0.25, 0.3) is 6.08 Å². The fraction of sp³-hybridized carbons (Fsp3) is 0.143. The average molecular weight is 398 g/mol. The number of nitriles is 1. The summed E-state index contributed by atoms with van der Waals surface area (Å²) in [5.74, 6) is -1.66. The zero-order chi connectivity index (χ0) is 22.2. The van der Waals surface area contributed by atoms with Crippen LogP contribution in [0.15, 0.2) is 66.4 Å². The van der Waals surface area contributed by atoms with E-state index in [0.29, 0.717) is 5.57 Å². The first-order valence-electron chi connectivity index (χ1n) is 8.19. The molecule has 0 aliphatic heterocycles. The number of benzene rings is 1. The number of hydrogen-bond acceptors (Lipinski definition) is 6. The maximum atomic E-state index is 11.5. The lowest BCUT2D eigenvalue weighted by molar-refractivity contribution is -0.136. The number of carbonyl (C=O) groups excluding carboxylic acids is 2. The van der Waals surface area contributed by atoms with Gasteiger partial charge in [0, 0.05) is 29.5 Å². The van der Waals surface area contributed by atoms with Gasteiger partial charge in [0.25, 0.3) is 5.91 Å². The van der Waals surface area contributed by atoms with E-state index in [1.807, 2.05) is 0 Å². The van der Waals surface area contributed by atoms with Crippen molar-refractivity contribution < 1.29 is 29.3 Å². The molecule has 0 unspecified atom stereocenters. The lowest BCUT2D eigenvalue weighted by Gasteiger charge is -2.00. The number of allylic oxidation sites excluding steroid dienone is 2. The molecule has 1 amide bonds. The first-order valence-corrected chi connectivity index (χ1v) is 8.19. The lowest BCUT2D eigenvalue weighted by Crippen LogP contribution is -2.17. The zero-order valence-electron chi connectivity index (χ0n) is 16.1. The molecule has 0 saturated carbocycles. The number of ether oxygens (including phenoxy) is 1. The van der Waals surface area contributed by atoms with E-state index in [-0.39, 0.29) is 23.7 Å². The van der Waals surface area contributed by atoms with Crippen molar-refractivity contribution in [2.24, 2.45) is 0 Å². The Morgan fingerprint density at radius 1 is 1.28 bits per heavy atom. The smallest absolute Gasteiger partial charge is 0.333 e. The van der Waals surface area contributed by atoms with Gasteiger partial charge in [-0.2, -0.15) is 5.26 Å². The molecule has 1 rings (SSSR count). The number of rotatable bonds is 7. The number of aromatic hydroxyl groups is 1. The number of carboxylic acids is 1. The van der Waals surface area contributed by atoms with Crippen LogP contribution < -0.4 is 5.32 Å². The van der Waals surface area contributed by atoms with E-state index in [4.69, 9.17) is 15.5 Å². The summed E-state index contributed by atoms with van der Waals surface area (Å²) in [4.78, 5) is 32.2. The molecule has 1 aromatic carbocycles. The lowest BCUT2D eigenvalue weighted by atomic mass is 10.1. The highest BCUT2D eigenvalue weighted by atomic mass is 16.5. The average Bonchev–Trinajstić information content (AvgIpc) is 2.69. The highest BCUT2D eigenvalue weighted by Gasteiger charge is 2.03. The molecule has 29 heavy (non-hydrogen) atoms. The second-order valence-corrected chi connectivity index (χ2v) is 5.39. The SMILES string of the molecule is C=C(CC=CC(=O)O)C(=O)OC.CC(=Cc1ccc(O)cc1)C(=O)NC=CC#N. The third-order valence-electron chi connectivity index (χ3n) is 3.11. The summed E-state index contributed by atoms with van der Waals surface area (Å²) >= 11 is 0. The first-order chi connectivity index (χ1) is 13.7. The number of phenolic OH excluding ortho intramolecular Hbond substituents is 1. The van der Waals surface area contributed by atoms with Gasteiger partial charge >= 0.3 is 11.9 Å². The van der Waals surface area contributed by atoms with Crippen molar-refractivity contribution in [2.45, 2.75) is 13.3 Å². The summed E-state index contributed by atoms with van der Waals surface area (Å²) in [5, 5.41) is 28.0. The molecule has 0 bridgehead atoms. The van der Waals surface area contributed by atoms with E-state index in [0.717, 1.165) is 11.6 Å². The van der Waals surface area contributed by atoms with E-state index in [2.05, 4.69) is 16.6 Å². The van der Waals surface area contributed by atoms with Crippen LogP contribution in [0.2, 0.25) is 0 Å². The summed E-state index contributed by atoms with van der Waals surface area (Å²) in [6.45, 7) is 5.07. The molecule has 0 aromatic heterocycles. The van der Waals surface area contributed by atoms with Crippen LogP contribution in [-0.4, -0.2) is 35.2 Å². The summed E-state index contributed by atoms with van der Waals surface area (Å²) in [7, 11) is 1.24. The van der Waals surface area contributed by atoms with Crippen molar-refractivity contribution in [3.63, 3.8) is 0 Å². The summed E-state index contributed by atoms with van der Waals surface area (Å²) in [6, 6.07) is 8.28. The molecule has 0 fully saturated rings. The number of nitrogens with one attached hydrogen (secondary N) is 1. The van der Waals surface area contributed by atoms with E-state index in [1.165, 1.54) is 25.5 Å². The van der Waals surface area contributed by atoms with Gasteiger partial charge in [-0.15, -0.1) is 0 Å². The standard InChI is InChI=1S/C13H12N2O2.C8H10O4/c1-10(13(17)15-8-2-7-14)9-11-3-5-12(16)6-4-11;1-6(8(11)12-2)4-3-5-7(9)10/h2-6,8-9,16H,1H3,(H,15,17);3,5H,1,4H2,2H3,(H,9,10). The minimum atomic E-state index is -1.05. The Kier molecular flexibility index (Phi) is 12.0. The van der Waals surface area contributed by atoms with E-state index in [9.17, 15) is 14.4 Å². The number of methoxy groups -OCH3 is 1. The number of aliphatic carboxylic acids is 1. The van der Waals surface area contributed by atoms with Crippen LogP contribution in [0.4, 0.5) is 0 Å². The van der Waals surface area contributed by atoms with Gasteiger partial charge in [0.05, 0.1) is 13.2 Å². The Labute approximate surface area is 168 Å². The summed E-state index contributed by atoms with van der Waals surface area (Å²) in [5.41, 5.74) is 1.56. The van der Waals surface area contributed by atoms with E-state index >= 15 is 0 Å². The summed E-state index contributed by atoms with van der Waals surface area (Å²) < 4.78 is 4.35. The van der Waals surface area contributed by atoms with Crippen molar-refractivity contribution in [1.82, 2.24) is 5.32 Å². The molecule has 152 valence electrons. The van der Waals surface area contributed by atoms with Crippen LogP contribution in [0.1, 0.15) is 18.9 Å². The van der Waals surface area contributed by atoms with Gasteiger partial charge in [-0.25, -0.2) is 9.59 Å². The maximum Gasteiger partial charge on any atom is 0.333 e. The van der Waals surface area contributed by atoms with Crippen LogP contribution in [0, 0.1) is 11.3 Å². The van der Waals surface area contributed by atoms with Gasteiger partial charge in [0.15, 0.2) is 0 Å². The minimum Gasteiger partial charge on any atom is -0.508 e. The van der Waals surface area contributed by atoms with Crippen LogP contribution in [0.5, 0.6) is 5.75 Å². The largest absolute Gasteiger partial charge is 0.508 e. The van der Waals surface area contributed by atoms with E-state index in [1.54, 1.807) is 43.3 Å². The fourth-order valence-electron chi connectivity index (χ4n) is 1.68. The molecule has 3 N–H and O–H groups in total. The van der Waals surface area contributed by atoms with Crippen LogP contribution >= 0.6 is 0 Å². The van der Waals surface area contributed by atoms with Crippen molar-refractivity contribution >= 4 is 23.9 Å². The van der Waals surface area contributed by atoms with Gasteiger partial charge in [0.1, 0.15) is 5.75 Å². The van der Waals surface area contributed by atoms with Crippen molar-refractivity contribution in [3.05, 3.63) is 72.0 Å². The van der Waals surface area contributed by atoms with Gasteiger partial charge in [-0.3, -0.25) is 4.79 Å². The topological polar surface area (TPSA) is 137 Å². The second-order valence-electron chi connectivity index (χ2n) is 5.39. The normalized spacial score (nSPS) is 10.6. The molecule has 0 saturated heterocycles. The predicted molar refractivity (Wildman–Crippen MR) is 107 cm³/mol. The molecular weight excluding hydrogens is 376 g/mol. The molecule has 0 radical (unpaired) electrons. The molecule has 0 aliphatic rings. The number of amides is 1. The second kappa shape index (κ2) is 14.0. The Hall–Kier alpha value is -4.12. The quantitative estimate of drug-likeness (QED) is 0.365. The molecule has 1 aromatic rings. The number of hydrogen-bond donors (Lipinski definition) is 3. The predicted octanol–water partition coefficient (Wildman–Crippen LogP) is 2.70. The van der Waals surface area contributed by atoms with Gasteiger partial charge < -0.3 is 20.3 Å². The van der Waals surface area contributed by atoms with Gasteiger partial charge in [0.2, 0.25) is 0 Å². The number of nitrogens with zero attached hydrogens (tertiary/aromatic N) is 1. The molecule has 0 spiro atoms. The third-order valence-corrected chi connectivity index (χ3v) is 3.11. The van der Waals surface area contributed by atoms with E-state index < -0.39 is 11.9 Å². The first kappa shape index (κ1) is 24.9. The molecular formula is C21H22N2O6. The number of carboxylic acid groups (broad SMARTS) is 1. The number of esters is 1. The monoisotopic (exact) mass is 398 g/mol. The Bertz CT molecular complexity index is 858. The molecule has 0 heterocycles. The highest BCUT2D eigenvalue weighted by Crippen LogP contribution is 2.12. The van der Waals surface area contributed by atoms with Crippen LogP contribution in [0.3, 0.4) is 0 Å². The number of carbonyl (C=O) groups is 3. The minimum absolute atomic E-state index is 0.182. The van der Waals surface area contributed by atoms with Gasteiger partial charge in [-0.1, -0.05) is 24.8 Å². The summed E-state index contributed by atoms with van der Waals surface area (Å²) in [6.07, 6.45) is 6.64. The number of phenols is 1. The van der Waals surface area contributed by atoms with Crippen LogP contribution in [-0.2, 0) is 19.1 Å². The van der Waals surface area contributed by atoms with Crippen molar-refractivity contribution in [2.75, 3.05) is 7.11 Å². The maximum absolute atomic E-state index is 11.5. The Morgan fingerprint density at radius 3 is 2.41 bits per heavy atom. The Morgan fingerprint density at radius 2 is 1.90 bits per heavy atom. The van der Waals surface area contributed by atoms with Crippen molar-refractivity contribution in [1.29, 1.82) is 5.26 Å². The molecule has 8 heteroatoms. The zero-order valence-corrected chi connectivity index (χ0v) is 16.1. The fourth-order valence-corrected chi connectivity index (χ4v) is 1.68. The Balaban J connectivity index is 0.000000578. The highest BCUT2D eigenvalue weighted by molar-refractivity contribution is 5.97. The molecule has 0 atom stereocenters. The van der Waals surface area contributed by atoms with Crippen molar-refractivity contribution in [3.8, 4) is 11.8 Å². The molecule has 8 nitrogen and oxygen atoms in total.